The van der Waals surface area contributed by atoms with Crippen LogP contribution >= 0.6 is 38.9 Å². The van der Waals surface area contributed by atoms with Crippen molar-refractivity contribution in [2.45, 2.75) is 32.6 Å². The van der Waals surface area contributed by atoms with Crippen LogP contribution in [0.25, 0.3) is 26.7 Å². The quantitative estimate of drug-likeness (QED) is 0.134. The highest BCUT2D eigenvalue weighted by atomic mass is 79.9. The minimum absolute atomic E-state index is 0.102. The number of methoxy groups -OCH3 is 1. The van der Waals surface area contributed by atoms with Gasteiger partial charge in [0.2, 0.25) is 23.6 Å². The molecule has 2 aliphatic carbocycles. The van der Waals surface area contributed by atoms with Gasteiger partial charge in [0.15, 0.2) is 11.5 Å². The molecule has 13 heteroatoms. The van der Waals surface area contributed by atoms with Crippen molar-refractivity contribution in [3.8, 4) is 22.1 Å². The number of carbonyl (C=O) groups excluding carboxylic acids is 4. The van der Waals surface area contributed by atoms with Gasteiger partial charge in [-0.25, -0.2) is 4.90 Å². The Hall–Kier alpha value is -5.04. The molecule has 10 nitrogen and oxygen atoms in total. The van der Waals surface area contributed by atoms with Crippen LogP contribution in [-0.2, 0) is 26.2 Å². The number of aromatic nitrogens is 2. The molecule has 56 heavy (non-hydrogen) atoms. The van der Waals surface area contributed by atoms with E-state index in [2.05, 4.69) is 22.5 Å². The number of hydrogen-bond donors (Lipinski definition) is 1. The van der Waals surface area contributed by atoms with Gasteiger partial charge in [0.1, 0.15) is 11.5 Å². The number of anilines is 2. The third-order valence-electron chi connectivity index (χ3n) is 12.5. The number of allylic oxidation sites excluding steroid dienone is 2. The van der Waals surface area contributed by atoms with Crippen LogP contribution in [-0.4, -0.2) is 45.6 Å². The number of phenols is 1. The number of amides is 4. The number of nitrogens with zero attached hydrogens (tertiary/aromatic N) is 4. The highest BCUT2D eigenvalue weighted by molar-refractivity contribution is 9.10. The monoisotopic (exact) mass is 850 g/mol. The second kappa shape index (κ2) is 13.0. The highest BCUT2D eigenvalue weighted by Gasteiger charge is 2.68. The van der Waals surface area contributed by atoms with Crippen molar-refractivity contribution in [3.05, 3.63) is 105 Å². The Kier molecular flexibility index (Phi) is 8.50. The predicted octanol–water partition coefficient (Wildman–Crippen LogP) is 8.82. The number of rotatable bonds is 6. The average molecular weight is 852 g/mol. The second-order valence-corrected chi connectivity index (χ2v) is 17.6. The van der Waals surface area contributed by atoms with E-state index in [0.717, 1.165) is 31.7 Å². The van der Waals surface area contributed by atoms with Gasteiger partial charge in [0.25, 0.3) is 0 Å². The number of carbonyl (C=O) groups is 4. The molecule has 284 valence electrons. The standard InChI is InChI=1S/C43H36BrClN4O6S/c1-6-21-7-10-24(11-8-21)48-39(51)26-13-12-25-28(35(26)41(48)53)18-29-40(52)49(42(54)43(29,3)36(25)22-15-30(44)37(50)32(16-22)55-5)34-19-31(46-47(34)4)38-20(2)27-17-23(45)9-14-33(27)56-38/h6-12,14-17,19,26,28-29,35-36,50H,1,13,18H2,2-5H3/t26-,28+,29-,35-,36-,43+/m0/s1. The van der Waals surface area contributed by atoms with Crippen LogP contribution in [0, 0.1) is 36.0 Å². The van der Waals surface area contributed by atoms with E-state index in [-0.39, 0.29) is 29.7 Å². The molecule has 0 bridgehead atoms. The van der Waals surface area contributed by atoms with Gasteiger partial charge >= 0.3 is 0 Å². The molecule has 4 aliphatic rings. The summed E-state index contributed by atoms with van der Waals surface area (Å²) in [6, 6.07) is 18.1. The largest absolute Gasteiger partial charge is 0.503 e. The number of hydrogen-bond acceptors (Lipinski definition) is 8. The summed E-state index contributed by atoms with van der Waals surface area (Å²) in [4.78, 5) is 62.2. The fraction of sp³-hybridized carbons (Fsp3) is 0.279. The van der Waals surface area contributed by atoms with E-state index >= 15 is 4.79 Å². The van der Waals surface area contributed by atoms with Gasteiger partial charge in [-0.2, -0.15) is 5.10 Å². The Morgan fingerprint density at radius 1 is 1.02 bits per heavy atom. The summed E-state index contributed by atoms with van der Waals surface area (Å²) in [6.45, 7) is 7.63. The van der Waals surface area contributed by atoms with Crippen molar-refractivity contribution in [2.75, 3.05) is 16.9 Å². The maximum Gasteiger partial charge on any atom is 0.242 e. The first-order chi connectivity index (χ1) is 26.8. The number of phenolic OH excluding ortho intramolecular Hbond substituents is 1. The fourth-order valence-electron chi connectivity index (χ4n) is 9.76. The van der Waals surface area contributed by atoms with Crippen LogP contribution in [0.15, 0.2) is 83.4 Å². The summed E-state index contributed by atoms with van der Waals surface area (Å²) in [7, 11) is 3.16. The molecule has 2 aromatic heterocycles. The molecule has 3 aromatic carbocycles. The highest BCUT2D eigenvalue weighted by Crippen LogP contribution is 2.64. The maximum atomic E-state index is 15.2. The van der Waals surface area contributed by atoms with Crippen LogP contribution < -0.4 is 14.5 Å². The van der Waals surface area contributed by atoms with E-state index in [0.29, 0.717) is 38.7 Å². The van der Waals surface area contributed by atoms with E-state index < -0.39 is 46.8 Å². The third kappa shape index (κ3) is 5.08. The topological polar surface area (TPSA) is 122 Å². The normalized spacial score (nSPS) is 25.8. The molecule has 6 atom stereocenters. The number of thiophene rings is 1. The lowest BCUT2D eigenvalue weighted by atomic mass is 9.51. The smallest absolute Gasteiger partial charge is 0.242 e. The van der Waals surface area contributed by atoms with Crippen LogP contribution in [0.1, 0.15) is 42.4 Å². The van der Waals surface area contributed by atoms with E-state index in [1.165, 1.54) is 16.9 Å². The van der Waals surface area contributed by atoms with Crippen molar-refractivity contribution >= 4 is 90.2 Å². The van der Waals surface area contributed by atoms with Gasteiger partial charge < -0.3 is 9.84 Å². The first kappa shape index (κ1) is 36.6. The number of ether oxygens (including phenoxy) is 1. The van der Waals surface area contributed by atoms with Crippen molar-refractivity contribution in [1.29, 1.82) is 0 Å². The third-order valence-corrected chi connectivity index (χ3v) is 14.6. The van der Waals surface area contributed by atoms with Crippen LogP contribution in [0.5, 0.6) is 11.5 Å². The van der Waals surface area contributed by atoms with Gasteiger partial charge in [0, 0.05) is 28.8 Å². The van der Waals surface area contributed by atoms with Crippen molar-refractivity contribution < 1.29 is 29.0 Å². The van der Waals surface area contributed by atoms with Crippen molar-refractivity contribution in [3.63, 3.8) is 0 Å². The Bertz CT molecular complexity index is 2610. The molecule has 5 aromatic rings. The summed E-state index contributed by atoms with van der Waals surface area (Å²) >= 11 is 11.4. The van der Waals surface area contributed by atoms with Gasteiger partial charge in [-0.3, -0.25) is 28.8 Å². The summed E-state index contributed by atoms with van der Waals surface area (Å²) in [5, 5.41) is 17.3. The molecular weight excluding hydrogens is 816 g/mol. The molecule has 0 spiro atoms. The maximum absolute atomic E-state index is 15.2. The Morgan fingerprint density at radius 3 is 2.48 bits per heavy atom. The zero-order chi connectivity index (χ0) is 39.5. The summed E-state index contributed by atoms with van der Waals surface area (Å²) in [5.41, 5.74) is 3.10. The second-order valence-electron chi connectivity index (χ2n) is 15.2. The Labute approximate surface area is 340 Å². The van der Waals surface area contributed by atoms with E-state index in [1.54, 1.807) is 59.5 Å². The molecule has 4 amide bonds. The van der Waals surface area contributed by atoms with E-state index in [4.69, 9.17) is 21.4 Å². The molecule has 9 rings (SSSR count). The van der Waals surface area contributed by atoms with Gasteiger partial charge in [-0.15, -0.1) is 11.3 Å². The molecule has 2 aliphatic heterocycles. The molecule has 1 N–H and O–H groups in total. The number of benzene rings is 3. The van der Waals surface area contributed by atoms with Crippen LogP contribution in [0.3, 0.4) is 0 Å². The van der Waals surface area contributed by atoms with Crippen LogP contribution in [0.4, 0.5) is 11.5 Å². The van der Waals surface area contributed by atoms with Gasteiger partial charge in [0.05, 0.1) is 45.3 Å². The number of imide groups is 2. The first-order valence-corrected chi connectivity index (χ1v) is 20.2. The predicted molar refractivity (Wildman–Crippen MR) is 220 cm³/mol. The molecule has 2 saturated heterocycles. The summed E-state index contributed by atoms with van der Waals surface area (Å²) in [5.74, 6) is -4.39. The lowest BCUT2D eigenvalue weighted by molar-refractivity contribution is -0.131. The molecule has 0 unspecified atom stereocenters. The first-order valence-electron chi connectivity index (χ1n) is 18.3. The van der Waals surface area contributed by atoms with Crippen LogP contribution in [0.2, 0.25) is 5.02 Å². The van der Waals surface area contributed by atoms with Gasteiger partial charge in [-0.1, -0.05) is 48.0 Å². The number of halogens is 2. The zero-order valence-electron chi connectivity index (χ0n) is 30.9. The number of aromatic hydroxyl groups is 1. The summed E-state index contributed by atoms with van der Waals surface area (Å²) in [6.07, 6.45) is 4.19. The number of aryl methyl sites for hydroxylation is 2. The average Bonchev–Trinajstić information content (AvgIpc) is 3.86. The molecular formula is C43H36BrClN4O6S. The lowest BCUT2D eigenvalue weighted by Crippen LogP contribution is -2.49. The van der Waals surface area contributed by atoms with Crippen molar-refractivity contribution in [1.82, 2.24) is 9.78 Å². The zero-order valence-corrected chi connectivity index (χ0v) is 34.0. The van der Waals surface area contributed by atoms with Crippen molar-refractivity contribution in [2.24, 2.45) is 36.1 Å². The minimum atomic E-state index is -1.31. The number of fused-ring (bicyclic) bond motifs is 5. The summed E-state index contributed by atoms with van der Waals surface area (Å²) < 4.78 is 8.53. The Morgan fingerprint density at radius 2 is 1.77 bits per heavy atom. The van der Waals surface area contributed by atoms with E-state index in [9.17, 15) is 19.5 Å². The van der Waals surface area contributed by atoms with E-state index in [1.807, 2.05) is 50.3 Å². The SMILES string of the molecule is C=Cc1ccc(N2C(=O)[C@H]3[C@H](CC=C4[C@H]3C[C@H]3C(=O)N(c5cc(-c6sc7ccc(Cl)cc7c6C)nn5C)C(=O)[C@@]3(C)[C@H]4c3cc(Br)c(O)c(OC)c3)C2=O)cc1. The Balaban J connectivity index is 1.16. The molecule has 4 heterocycles. The lowest BCUT2D eigenvalue weighted by Gasteiger charge is -2.49. The molecule has 3 fully saturated rings. The van der Waals surface area contributed by atoms with Gasteiger partial charge in [-0.05, 0) is 113 Å². The minimum Gasteiger partial charge on any atom is -0.503 e. The fourth-order valence-corrected chi connectivity index (χ4v) is 11.5. The molecule has 1 saturated carbocycles. The molecule has 0 radical (unpaired) electrons.